The first-order chi connectivity index (χ1) is 1.73. The normalized spacial score (nSPS) is 7.20. The van der Waals surface area contributed by atoms with E-state index in [0.717, 1.165) is 0 Å². The van der Waals surface area contributed by atoms with E-state index in [-0.39, 0.29) is 17.4 Å². The molecule has 0 aromatic rings. The van der Waals surface area contributed by atoms with E-state index in [9.17, 15) is 13.2 Å². The number of hydrogen-bond acceptors (Lipinski definition) is 0. The molecule has 0 N–H and O–H groups in total. The summed E-state index contributed by atoms with van der Waals surface area (Å²) in [5, 5.41) is 0. The third-order valence-electron chi connectivity index (χ3n) is 0. The van der Waals surface area contributed by atoms with Crippen LogP contribution in [0.4, 0.5) is 13.2 Å². The average Bonchev–Trinajstić information content (AvgIpc) is 0.811. The molecule has 0 aliphatic carbocycles. The minimum Gasteiger partial charge on any atom is -0.385 e. The topological polar surface area (TPSA) is 0 Å². The first kappa shape index (κ1) is 9.01. The summed E-state index contributed by atoms with van der Waals surface area (Å²) >= 11 is 0. The molecule has 0 aromatic heterocycles. The molecular formula is CCrF3-. The molecule has 0 rings (SSSR count). The van der Waals surface area contributed by atoms with Crippen LogP contribution >= 0.6 is 0 Å². The van der Waals surface area contributed by atoms with Crippen LogP contribution in [0.2, 0.25) is 0 Å². The van der Waals surface area contributed by atoms with Crippen LogP contribution in [0, 0.1) is 6.68 Å². The molecule has 0 aliphatic rings. The van der Waals surface area contributed by atoms with Crippen LogP contribution in [-0.2, 0) is 17.4 Å². The zero-order valence-corrected chi connectivity index (χ0v) is 3.32. The molecule has 0 radical (unpaired) electrons. The molecule has 5 heavy (non-hydrogen) atoms. The molecule has 0 atom stereocenters. The molecular weight excluding hydrogens is 121 g/mol. The van der Waals surface area contributed by atoms with E-state index in [0.29, 0.717) is 0 Å². The first-order valence-corrected chi connectivity index (χ1v) is 0.567. The molecule has 32 valence electrons. The molecule has 0 nitrogen and oxygen atoms in total. The summed E-state index contributed by atoms with van der Waals surface area (Å²) in [7, 11) is 0. The fraction of sp³-hybridized carbons (Fsp3) is 0. The van der Waals surface area contributed by atoms with Gasteiger partial charge in [-0.3, -0.25) is 0 Å². The SMILES string of the molecule is F[C-](F)F.[Cr]. The van der Waals surface area contributed by atoms with Crippen LogP contribution < -0.4 is 0 Å². The number of rotatable bonds is 0. The van der Waals surface area contributed by atoms with Crippen LogP contribution in [0.3, 0.4) is 0 Å². The Morgan fingerprint density at radius 3 is 1.00 bits per heavy atom. The molecule has 0 saturated heterocycles. The zero-order chi connectivity index (χ0) is 3.58. The van der Waals surface area contributed by atoms with Gasteiger partial charge in [0, 0.05) is 17.4 Å². The molecule has 4 heteroatoms. The van der Waals surface area contributed by atoms with Crippen molar-refractivity contribution in [2.75, 3.05) is 0 Å². The van der Waals surface area contributed by atoms with E-state index in [1.807, 2.05) is 0 Å². The van der Waals surface area contributed by atoms with Gasteiger partial charge in [-0.2, -0.15) is 0 Å². The van der Waals surface area contributed by atoms with Gasteiger partial charge in [0.05, 0.1) is 0 Å². The van der Waals surface area contributed by atoms with Gasteiger partial charge in [0.25, 0.3) is 0 Å². The Labute approximate surface area is 38.1 Å². The van der Waals surface area contributed by atoms with Gasteiger partial charge in [0.2, 0.25) is 0 Å². The molecule has 0 heterocycles. The van der Waals surface area contributed by atoms with Gasteiger partial charge in [-0.15, -0.1) is 0 Å². The summed E-state index contributed by atoms with van der Waals surface area (Å²) in [6.45, 7) is -3.08. The summed E-state index contributed by atoms with van der Waals surface area (Å²) in [4.78, 5) is 0. The van der Waals surface area contributed by atoms with Crippen molar-refractivity contribution in [3.63, 3.8) is 0 Å². The average molecular weight is 121 g/mol. The second-order valence-electron chi connectivity index (χ2n) is 0.214. The number of halogens is 3. The van der Waals surface area contributed by atoms with Gasteiger partial charge in [-0.05, 0) is 0 Å². The molecule has 0 unspecified atom stereocenters. The standard InChI is InChI=1S/CF3.Cr/c2-1(3)4;/q-1;. The Morgan fingerprint density at radius 1 is 1.00 bits per heavy atom. The van der Waals surface area contributed by atoms with Crippen LogP contribution in [0.15, 0.2) is 0 Å². The Morgan fingerprint density at radius 2 is 1.00 bits per heavy atom. The summed E-state index contributed by atoms with van der Waals surface area (Å²) < 4.78 is 28.8. The predicted molar refractivity (Wildman–Crippen MR) is 6.57 cm³/mol. The Kier molecular flexibility index (Phi) is 7.79. The van der Waals surface area contributed by atoms with Crippen molar-refractivity contribution < 1.29 is 30.5 Å². The molecule has 0 aliphatic heterocycles. The van der Waals surface area contributed by atoms with Crippen molar-refractivity contribution in [3.8, 4) is 0 Å². The summed E-state index contributed by atoms with van der Waals surface area (Å²) in [6.07, 6.45) is 0. The Hall–Kier alpha value is 0.322. The second-order valence-corrected chi connectivity index (χ2v) is 0.214. The third-order valence-corrected chi connectivity index (χ3v) is 0. The van der Waals surface area contributed by atoms with E-state index in [1.165, 1.54) is 0 Å². The first-order valence-electron chi connectivity index (χ1n) is 0.567. The van der Waals surface area contributed by atoms with Gasteiger partial charge in [0.15, 0.2) is 6.68 Å². The monoisotopic (exact) mass is 121 g/mol. The van der Waals surface area contributed by atoms with Gasteiger partial charge >= 0.3 is 0 Å². The second kappa shape index (κ2) is 4.32. The Bertz CT molecular complexity index is 11.6. The van der Waals surface area contributed by atoms with E-state index in [1.54, 1.807) is 0 Å². The van der Waals surface area contributed by atoms with E-state index >= 15 is 0 Å². The Balaban J connectivity index is 0. The van der Waals surface area contributed by atoms with Crippen LogP contribution in [0.1, 0.15) is 0 Å². The summed E-state index contributed by atoms with van der Waals surface area (Å²) in [5.74, 6) is 0. The molecule has 0 bridgehead atoms. The van der Waals surface area contributed by atoms with Crippen molar-refractivity contribution in [2.24, 2.45) is 0 Å². The van der Waals surface area contributed by atoms with Crippen molar-refractivity contribution in [1.29, 1.82) is 0 Å². The maximum Gasteiger partial charge on any atom is 0.154 e. The minimum absolute atomic E-state index is 0. The largest absolute Gasteiger partial charge is 0.385 e. The summed E-state index contributed by atoms with van der Waals surface area (Å²) in [5.41, 5.74) is 0. The molecule has 0 saturated carbocycles. The van der Waals surface area contributed by atoms with Gasteiger partial charge in [0.1, 0.15) is 0 Å². The van der Waals surface area contributed by atoms with Crippen LogP contribution in [0.5, 0.6) is 0 Å². The third kappa shape index (κ3) is 224. The van der Waals surface area contributed by atoms with Gasteiger partial charge in [-0.1, -0.05) is 0 Å². The van der Waals surface area contributed by atoms with Crippen molar-refractivity contribution in [3.05, 3.63) is 6.68 Å². The minimum atomic E-state index is -3.08. The van der Waals surface area contributed by atoms with Crippen LogP contribution in [0.25, 0.3) is 0 Å². The summed E-state index contributed by atoms with van der Waals surface area (Å²) in [6, 6.07) is 0. The van der Waals surface area contributed by atoms with E-state index < -0.39 is 6.68 Å². The van der Waals surface area contributed by atoms with E-state index in [2.05, 4.69) is 0 Å². The molecule has 0 fully saturated rings. The van der Waals surface area contributed by atoms with Gasteiger partial charge in [-0.25, -0.2) is 0 Å². The van der Waals surface area contributed by atoms with E-state index in [4.69, 9.17) is 0 Å². The van der Waals surface area contributed by atoms with Gasteiger partial charge < -0.3 is 13.2 Å². The number of hydrogen-bond donors (Lipinski definition) is 0. The maximum absolute atomic E-state index is 9.58. The fourth-order valence-corrected chi connectivity index (χ4v) is 0. The zero-order valence-electron chi connectivity index (χ0n) is 2.04. The van der Waals surface area contributed by atoms with Crippen molar-refractivity contribution in [2.45, 2.75) is 0 Å². The molecule has 0 amide bonds. The van der Waals surface area contributed by atoms with Crippen molar-refractivity contribution in [1.82, 2.24) is 0 Å². The smallest absolute Gasteiger partial charge is 0.154 e. The van der Waals surface area contributed by atoms with Crippen molar-refractivity contribution >= 4 is 0 Å². The predicted octanol–water partition coefficient (Wildman–Crippen LogP) is 1.34. The quantitative estimate of drug-likeness (QED) is 0.424. The fourth-order valence-electron chi connectivity index (χ4n) is 0. The molecule has 0 aromatic carbocycles. The molecule has 0 spiro atoms. The van der Waals surface area contributed by atoms with Crippen LogP contribution in [-0.4, -0.2) is 0 Å². The maximum atomic E-state index is 9.58.